The monoisotopic (exact) mass is 247 g/mol. The smallest absolute Gasteiger partial charge is 0.227 e. The summed E-state index contributed by atoms with van der Waals surface area (Å²) in [6.45, 7) is 3.81. The second-order valence-corrected chi connectivity index (χ2v) is 5.00. The predicted molar refractivity (Wildman–Crippen MR) is 71.1 cm³/mol. The van der Waals surface area contributed by atoms with E-state index in [9.17, 15) is 4.79 Å². The van der Waals surface area contributed by atoms with E-state index in [1.54, 1.807) is 12.4 Å². The molecule has 1 N–H and O–H groups in total. The van der Waals surface area contributed by atoms with Gasteiger partial charge in [0.05, 0.1) is 5.92 Å². The van der Waals surface area contributed by atoms with Crippen molar-refractivity contribution in [2.45, 2.75) is 25.8 Å². The summed E-state index contributed by atoms with van der Waals surface area (Å²) in [6.07, 6.45) is 5.43. The van der Waals surface area contributed by atoms with Crippen molar-refractivity contribution >= 4 is 5.91 Å². The molecule has 2 unspecified atom stereocenters. The van der Waals surface area contributed by atoms with E-state index in [1.165, 1.54) is 5.56 Å². The number of pyridine rings is 1. The van der Waals surface area contributed by atoms with Gasteiger partial charge in [0.15, 0.2) is 0 Å². The molecule has 4 nitrogen and oxygen atoms in total. The molecule has 0 aliphatic carbocycles. The Morgan fingerprint density at radius 3 is 2.83 bits per heavy atom. The summed E-state index contributed by atoms with van der Waals surface area (Å²) in [4.78, 5) is 18.1. The largest absolute Gasteiger partial charge is 0.345 e. The molecule has 2 atom stereocenters. The lowest BCUT2D eigenvalue weighted by molar-refractivity contribution is -0.134. The number of hydrogen-bond donors (Lipinski definition) is 1. The molecule has 2 rings (SSSR count). The fraction of sp³-hybridized carbons (Fsp3) is 0.571. The molecule has 0 aromatic carbocycles. The molecule has 1 aliphatic heterocycles. The topological polar surface area (TPSA) is 45.2 Å². The molecule has 0 spiro atoms. The van der Waals surface area contributed by atoms with Gasteiger partial charge in [0.1, 0.15) is 0 Å². The van der Waals surface area contributed by atoms with Crippen LogP contribution in [0.1, 0.15) is 18.9 Å². The Morgan fingerprint density at radius 1 is 1.50 bits per heavy atom. The molecule has 1 amide bonds. The number of aromatic nitrogens is 1. The van der Waals surface area contributed by atoms with Crippen molar-refractivity contribution in [3.05, 3.63) is 30.1 Å². The van der Waals surface area contributed by atoms with Gasteiger partial charge in [-0.05, 0) is 44.0 Å². The lowest BCUT2D eigenvalue weighted by atomic mass is 10.0. The lowest BCUT2D eigenvalue weighted by Crippen LogP contribution is -2.38. The van der Waals surface area contributed by atoms with E-state index in [-0.39, 0.29) is 11.8 Å². The molecule has 0 saturated carbocycles. The van der Waals surface area contributed by atoms with Gasteiger partial charge in [-0.3, -0.25) is 9.78 Å². The summed E-state index contributed by atoms with van der Waals surface area (Å²) in [5.74, 6) is 0.411. The lowest BCUT2D eigenvalue weighted by Gasteiger charge is -2.23. The van der Waals surface area contributed by atoms with Crippen LogP contribution >= 0.6 is 0 Å². The van der Waals surface area contributed by atoms with E-state index in [4.69, 9.17) is 0 Å². The molecule has 18 heavy (non-hydrogen) atoms. The third-order valence-corrected chi connectivity index (χ3v) is 3.70. The Labute approximate surface area is 108 Å². The third-order valence-electron chi connectivity index (χ3n) is 3.70. The summed E-state index contributed by atoms with van der Waals surface area (Å²) in [7, 11) is 1.90. The van der Waals surface area contributed by atoms with Gasteiger partial charge in [0, 0.05) is 32.0 Å². The van der Waals surface area contributed by atoms with Crippen LogP contribution < -0.4 is 5.32 Å². The highest BCUT2D eigenvalue weighted by Crippen LogP contribution is 2.17. The van der Waals surface area contributed by atoms with Gasteiger partial charge < -0.3 is 10.2 Å². The first-order chi connectivity index (χ1) is 8.68. The molecule has 1 fully saturated rings. The van der Waals surface area contributed by atoms with Crippen molar-refractivity contribution in [2.75, 3.05) is 20.1 Å². The molecule has 0 bridgehead atoms. The number of hydrogen-bond acceptors (Lipinski definition) is 3. The van der Waals surface area contributed by atoms with Crippen LogP contribution in [0.3, 0.4) is 0 Å². The zero-order valence-corrected chi connectivity index (χ0v) is 11.1. The maximum absolute atomic E-state index is 12.3. The van der Waals surface area contributed by atoms with Gasteiger partial charge in [-0.2, -0.15) is 0 Å². The Bertz CT molecular complexity index is 393. The molecular weight excluding hydrogens is 226 g/mol. The summed E-state index contributed by atoms with van der Waals surface area (Å²) in [6, 6.07) is 4.30. The van der Waals surface area contributed by atoms with Crippen LogP contribution in [0.2, 0.25) is 0 Å². The number of likely N-dealkylation sites (N-methyl/N-ethyl adjacent to an activating group) is 1. The molecule has 0 radical (unpaired) electrons. The highest BCUT2D eigenvalue weighted by Gasteiger charge is 2.31. The number of amides is 1. The fourth-order valence-corrected chi connectivity index (χ4v) is 2.44. The van der Waals surface area contributed by atoms with Crippen molar-refractivity contribution in [3.8, 4) is 0 Å². The van der Waals surface area contributed by atoms with Crippen LogP contribution in [0, 0.1) is 5.92 Å². The zero-order chi connectivity index (χ0) is 13.0. The summed E-state index contributed by atoms with van der Waals surface area (Å²) >= 11 is 0. The normalized spacial score (nSPS) is 23.0. The van der Waals surface area contributed by atoms with Crippen LogP contribution in [0.15, 0.2) is 24.5 Å². The van der Waals surface area contributed by atoms with Crippen molar-refractivity contribution in [2.24, 2.45) is 5.92 Å². The number of nitrogens with zero attached hydrogens (tertiary/aromatic N) is 2. The number of rotatable bonds is 4. The number of nitrogens with one attached hydrogen (secondary N) is 1. The highest BCUT2D eigenvalue weighted by atomic mass is 16.2. The quantitative estimate of drug-likeness (QED) is 0.866. The predicted octanol–water partition coefficient (Wildman–Crippen LogP) is 1.08. The van der Waals surface area contributed by atoms with E-state index in [2.05, 4.69) is 17.2 Å². The summed E-state index contributed by atoms with van der Waals surface area (Å²) in [5.41, 5.74) is 1.22. The van der Waals surface area contributed by atoms with Crippen LogP contribution in [0.5, 0.6) is 0 Å². The van der Waals surface area contributed by atoms with Gasteiger partial charge in [0.2, 0.25) is 5.91 Å². The summed E-state index contributed by atoms with van der Waals surface area (Å²) in [5, 5.41) is 3.32. The highest BCUT2D eigenvalue weighted by molar-refractivity contribution is 5.79. The average Bonchev–Trinajstić information content (AvgIpc) is 2.82. The minimum Gasteiger partial charge on any atom is -0.345 e. The minimum absolute atomic E-state index is 0.146. The van der Waals surface area contributed by atoms with Crippen LogP contribution in [-0.4, -0.2) is 42.0 Å². The van der Waals surface area contributed by atoms with Gasteiger partial charge in [-0.15, -0.1) is 0 Å². The first-order valence-corrected chi connectivity index (χ1v) is 6.55. The maximum Gasteiger partial charge on any atom is 0.227 e. The number of carbonyl (C=O) groups is 1. The molecule has 1 aromatic heterocycles. The van der Waals surface area contributed by atoms with Crippen molar-refractivity contribution in [1.82, 2.24) is 15.2 Å². The van der Waals surface area contributed by atoms with Crippen LogP contribution in [0.25, 0.3) is 0 Å². The Kier molecular flexibility index (Phi) is 4.31. The second kappa shape index (κ2) is 5.96. The van der Waals surface area contributed by atoms with Crippen LogP contribution in [0.4, 0.5) is 0 Å². The van der Waals surface area contributed by atoms with Gasteiger partial charge >= 0.3 is 0 Å². The molecular formula is C14H21N3O. The first kappa shape index (κ1) is 13.0. The SMILES string of the molecule is CC1NCCC1C(=O)N(C)CCc1ccncc1. The molecule has 98 valence electrons. The first-order valence-electron chi connectivity index (χ1n) is 6.55. The zero-order valence-electron chi connectivity index (χ0n) is 11.1. The molecule has 4 heteroatoms. The van der Waals surface area contributed by atoms with Crippen molar-refractivity contribution in [1.29, 1.82) is 0 Å². The van der Waals surface area contributed by atoms with E-state index in [0.29, 0.717) is 6.04 Å². The van der Waals surface area contributed by atoms with Gasteiger partial charge in [-0.1, -0.05) is 0 Å². The standard InChI is InChI=1S/C14H21N3O/c1-11-13(5-9-16-11)14(18)17(2)10-6-12-3-7-15-8-4-12/h3-4,7-8,11,13,16H,5-6,9-10H2,1-2H3. The summed E-state index contributed by atoms with van der Waals surface area (Å²) < 4.78 is 0. The Hall–Kier alpha value is -1.42. The minimum atomic E-state index is 0.146. The second-order valence-electron chi connectivity index (χ2n) is 5.00. The Balaban J connectivity index is 1.84. The molecule has 1 aromatic rings. The third kappa shape index (κ3) is 3.07. The number of carbonyl (C=O) groups excluding carboxylic acids is 1. The Morgan fingerprint density at radius 2 is 2.22 bits per heavy atom. The van der Waals surface area contributed by atoms with E-state index in [0.717, 1.165) is 25.9 Å². The molecule has 1 saturated heterocycles. The van der Waals surface area contributed by atoms with E-state index >= 15 is 0 Å². The molecule has 2 heterocycles. The van der Waals surface area contributed by atoms with E-state index in [1.807, 2.05) is 24.1 Å². The fourth-order valence-electron chi connectivity index (χ4n) is 2.44. The van der Waals surface area contributed by atoms with Crippen molar-refractivity contribution < 1.29 is 4.79 Å². The maximum atomic E-state index is 12.3. The molecule has 1 aliphatic rings. The van der Waals surface area contributed by atoms with Crippen LogP contribution in [-0.2, 0) is 11.2 Å². The van der Waals surface area contributed by atoms with Gasteiger partial charge in [0.25, 0.3) is 0 Å². The van der Waals surface area contributed by atoms with Gasteiger partial charge in [-0.25, -0.2) is 0 Å². The average molecular weight is 247 g/mol. The van der Waals surface area contributed by atoms with Crippen molar-refractivity contribution in [3.63, 3.8) is 0 Å². The van der Waals surface area contributed by atoms with E-state index < -0.39 is 0 Å².